The van der Waals surface area contributed by atoms with Crippen LogP contribution in [0, 0.1) is 18.7 Å². The van der Waals surface area contributed by atoms with Gasteiger partial charge in [-0.25, -0.2) is 14.4 Å². The van der Waals surface area contributed by atoms with Crippen molar-refractivity contribution in [2.45, 2.75) is 51.7 Å². The van der Waals surface area contributed by atoms with Gasteiger partial charge in [-0.1, -0.05) is 6.92 Å². The molecule has 180 valence electrons. The normalized spacial score (nSPS) is 18.8. The lowest BCUT2D eigenvalue weighted by molar-refractivity contribution is -0.138. The molecular weight excluding hydrogens is 452 g/mol. The molecule has 0 unspecified atom stereocenters. The second kappa shape index (κ2) is 9.47. The molecule has 1 aliphatic heterocycles. The predicted octanol–water partition coefficient (Wildman–Crippen LogP) is 4.40. The van der Waals surface area contributed by atoms with Crippen molar-refractivity contribution in [1.82, 2.24) is 29.9 Å². The molecule has 0 spiro atoms. The Morgan fingerprint density at radius 1 is 1.15 bits per heavy atom. The predicted molar refractivity (Wildman–Crippen MR) is 115 cm³/mol. The Hall–Kier alpha value is -3.37. The fourth-order valence-corrected chi connectivity index (χ4v) is 4.44. The van der Waals surface area contributed by atoms with Crippen molar-refractivity contribution in [2.24, 2.45) is 5.92 Å². The number of alkyl halides is 3. The Bertz CT molecular complexity index is 1150. The number of carbonyl (C=O) groups is 1. The van der Waals surface area contributed by atoms with E-state index in [1.807, 2.05) is 6.92 Å². The lowest BCUT2D eigenvalue weighted by Gasteiger charge is -2.40. The molecule has 2 aromatic heterocycles. The van der Waals surface area contributed by atoms with Crippen LogP contribution in [-0.2, 0) is 12.6 Å². The summed E-state index contributed by atoms with van der Waals surface area (Å²) in [6, 6.07) is 2.75. The van der Waals surface area contributed by atoms with Gasteiger partial charge in [-0.15, -0.1) is 4.80 Å². The van der Waals surface area contributed by atoms with Crippen LogP contribution in [0.2, 0.25) is 0 Å². The van der Waals surface area contributed by atoms with E-state index in [1.165, 1.54) is 18.5 Å². The maximum Gasteiger partial charge on any atom is 0.419 e. The Morgan fingerprint density at radius 2 is 1.82 bits per heavy atom. The number of halogens is 4. The van der Waals surface area contributed by atoms with E-state index >= 15 is 0 Å². The topological polar surface area (TPSA) is 76.8 Å². The molecule has 0 N–H and O–H groups in total. The number of benzene rings is 1. The van der Waals surface area contributed by atoms with Crippen LogP contribution in [0.3, 0.4) is 0 Å². The number of aryl methyl sites for hydroxylation is 2. The highest BCUT2D eigenvalue weighted by molar-refractivity contribution is 5.98. The monoisotopic (exact) mass is 476 g/mol. The van der Waals surface area contributed by atoms with Gasteiger partial charge in [0.15, 0.2) is 5.82 Å². The molecule has 1 aromatic carbocycles. The van der Waals surface area contributed by atoms with Crippen molar-refractivity contribution in [3.63, 3.8) is 0 Å². The van der Waals surface area contributed by atoms with E-state index in [1.54, 1.807) is 17.9 Å². The van der Waals surface area contributed by atoms with Crippen LogP contribution in [0.1, 0.15) is 53.5 Å². The van der Waals surface area contributed by atoms with Gasteiger partial charge in [-0.3, -0.25) is 4.79 Å². The largest absolute Gasteiger partial charge is 0.419 e. The van der Waals surface area contributed by atoms with Gasteiger partial charge in [0.25, 0.3) is 5.91 Å². The van der Waals surface area contributed by atoms with E-state index in [9.17, 15) is 22.4 Å². The second-order valence-electron chi connectivity index (χ2n) is 8.57. The number of amides is 1. The number of hydrogen-bond acceptors (Lipinski definition) is 5. The zero-order chi connectivity index (χ0) is 24.5. The zero-order valence-electron chi connectivity index (χ0n) is 18.8. The van der Waals surface area contributed by atoms with Crippen molar-refractivity contribution in [1.29, 1.82) is 0 Å². The van der Waals surface area contributed by atoms with Gasteiger partial charge in [0, 0.05) is 31.4 Å². The fraction of sp³-hybridized carbons (Fsp3) is 0.435. The fourth-order valence-electron chi connectivity index (χ4n) is 4.44. The third-order valence-corrected chi connectivity index (χ3v) is 6.13. The first-order valence-corrected chi connectivity index (χ1v) is 11.0. The van der Waals surface area contributed by atoms with Gasteiger partial charge in [0.1, 0.15) is 11.5 Å². The number of likely N-dealkylation sites (tertiary alicyclic amines) is 1. The Balaban J connectivity index is 1.59. The number of aromatic nitrogens is 5. The summed E-state index contributed by atoms with van der Waals surface area (Å²) in [4.78, 5) is 24.2. The van der Waals surface area contributed by atoms with Crippen LogP contribution in [0.15, 0.2) is 36.9 Å². The highest BCUT2D eigenvalue weighted by Gasteiger charge is 2.35. The Kier molecular flexibility index (Phi) is 6.63. The standard InChI is InChI=1S/C23H24F4N6O/c1-14-10-17(21(18(24)11-14)33-30-7-8-31-33)22(34)32-9-3-4-15(2)19(32)5-6-20-28-12-16(13-29-20)23(25,26)27/h7-8,10-13,15,19H,3-6,9H2,1-2H3/t15-,19-/m1/s1. The minimum atomic E-state index is -4.50. The maximum absolute atomic E-state index is 14.9. The smallest absolute Gasteiger partial charge is 0.335 e. The first kappa shape index (κ1) is 23.8. The van der Waals surface area contributed by atoms with Gasteiger partial charge in [0.05, 0.1) is 23.5 Å². The Labute approximate surface area is 193 Å². The second-order valence-corrected chi connectivity index (χ2v) is 8.57. The molecule has 1 fully saturated rings. The maximum atomic E-state index is 14.9. The summed E-state index contributed by atoms with van der Waals surface area (Å²) in [5.41, 5.74) is -0.154. The average molecular weight is 476 g/mol. The van der Waals surface area contributed by atoms with Gasteiger partial charge < -0.3 is 4.90 Å². The van der Waals surface area contributed by atoms with E-state index in [0.29, 0.717) is 24.9 Å². The van der Waals surface area contributed by atoms with E-state index < -0.39 is 17.6 Å². The summed E-state index contributed by atoms with van der Waals surface area (Å²) in [5, 5.41) is 8.00. The van der Waals surface area contributed by atoms with Crippen LogP contribution in [0.4, 0.5) is 17.6 Å². The molecule has 1 saturated heterocycles. The highest BCUT2D eigenvalue weighted by atomic mass is 19.4. The molecule has 0 saturated carbocycles. The number of piperidine rings is 1. The van der Waals surface area contributed by atoms with Crippen LogP contribution in [-0.4, -0.2) is 48.4 Å². The van der Waals surface area contributed by atoms with Gasteiger partial charge in [-0.05, 0) is 49.8 Å². The zero-order valence-corrected chi connectivity index (χ0v) is 18.8. The summed E-state index contributed by atoms with van der Waals surface area (Å²) in [6.45, 7) is 4.23. The van der Waals surface area contributed by atoms with Crippen LogP contribution >= 0.6 is 0 Å². The molecule has 2 atom stereocenters. The van der Waals surface area contributed by atoms with E-state index in [0.717, 1.165) is 30.0 Å². The van der Waals surface area contributed by atoms with Crippen molar-refractivity contribution in [2.75, 3.05) is 6.54 Å². The molecule has 0 aliphatic carbocycles. The highest BCUT2D eigenvalue weighted by Crippen LogP contribution is 2.31. The van der Waals surface area contributed by atoms with Gasteiger partial charge in [0.2, 0.25) is 0 Å². The minimum absolute atomic E-state index is 0.0105. The molecule has 11 heteroatoms. The number of nitrogens with zero attached hydrogens (tertiary/aromatic N) is 6. The third-order valence-electron chi connectivity index (χ3n) is 6.13. The molecule has 1 amide bonds. The van der Waals surface area contributed by atoms with E-state index in [-0.39, 0.29) is 34.9 Å². The minimum Gasteiger partial charge on any atom is -0.335 e. The average Bonchev–Trinajstić information content (AvgIpc) is 3.31. The van der Waals surface area contributed by atoms with Gasteiger partial charge >= 0.3 is 6.18 Å². The molecule has 0 bridgehead atoms. The molecule has 34 heavy (non-hydrogen) atoms. The van der Waals surface area contributed by atoms with E-state index in [4.69, 9.17) is 0 Å². The van der Waals surface area contributed by atoms with Crippen molar-refractivity contribution in [3.05, 3.63) is 65.3 Å². The number of rotatable bonds is 5. The SMILES string of the molecule is Cc1cc(F)c(-n2nccn2)c(C(=O)N2CCC[C@@H](C)[C@H]2CCc2ncc(C(F)(F)F)cn2)c1. The van der Waals surface area contributed by atoms with Crippen LogP contribution < -0.4 is 0 Å². The summed E-state index contributed by atoms with van der Waals surface area (Å²) < 4.78 is 53.2. The van der Waals surface area contributed by atoms with Crippen molar-refractivity contribution in [3.8, 4) is 5.69 Å². The molecule has 0 radical (unpaired) electrons. The number of hydrogen-bond donors (Lipinski definition) is 0. The molecule has 3 aromatic rings. The molecule has 3 heterocycles. The summed E-state index contributed by atoms with van der Waals surface area (Å²) in [7, 11) is 0. The molecule has 1 aliphatic rings. The summed E-state index contributed by atoms with van der Waals surface area (Å²) >= 11 is 0. The van der Waals surface area contributed by atoms with Crippen LogP contribution in [0.25, 0.3) is 5.69 Å². The van der Waals surface area contributed by atoms with Gasteiger partial charge in [-0.2, -0.15) is 23.4 Å². The van der Waals surface area contributed by atoms with Crippen molar-refractivity contribution >= 4 is 5.91 Å². The quantitative estimate of drug-likeness (QED) is 0.511. The Morgan fingerprint density at radius 3 is 2.47 bits per heavy atom. The van der Waals surface area contributed by atoms with Crippen molar-refractivity contribution < 1.29 is 22.4 Å². The number of carbonyl (C=O) groups excluding carboxylic acids is 1. The molecule has 7 nitrogen and oxygen atoms in total. The summed E-state index contributed by atoms with van der Waals surface area (Å²) in [5.74, 6) is -0.506. The lowest BCUT2D eigenvalue weighted by Crippen LogP contribution is -2.48. The van der Waals surface area contributed by atoms with Crippen LogP contribution in [0.5, 0.6) is 0 Å². The summed E-state index contributed by atoms with van der Waals surface area (Å²) in [6.07, 6.45) is 2.34. The lowest BCUT2D eigenvalue weighted by atomic mass is 9.87. The molecule has 4 rings (SSSR count). The third kappa shape index (κ3) is 4.92. The molecular formula is C23H24F4N6O. The van der Waals surface area contributed by atoms with E-state index in [2.05, 4.69) is 20.2 Å². The first-order chi connectivity index (χ1) is 16.1. The first-order valence-electron chi connectivity index (χ1n) is 11.0.